The molecule has 2 rings (SSSR count). The van der Waals surface area contributed by atoms with Gasteiger partial charge in [-0.1, -0.05) is 40.0 Å². The quantitative estimate of drug-likeness (QED) is 0.814. The maximum atomic E-state index is 4.00. The van der Waals surface area contributed by atoms with Crippen LogP contribution in [0.2, 0.25) is 0 Å². The van der Waals surface area contributed by atoms with E-state index in [2.05, 4.69) is 31.0 Å². The molecule has 1 heterocycles. The monoisotopic (exact) mass is 266 g/mol. The van der Waals surface area contributed by atoms with Gasteiger partial charge in [0.2, 0.25) is 0 Å². The van der Waals surface area contributed by atoms with Crippen molar-refractivity contribution in [1.82, 2.24) is 10.2 Å². The Hall–Kier alpha value is -0.0800. The Bertz CT molecular complexity index is 254. The minimum Gasteiger partial charge on any atom is -0.311 e. The smallest absolute Gasteiger partial charge is 0.0121 e. The first-order chi connectivity index (χ1) is 9.12. The van der Waals surface area contributed by atoms with Crippen LogP contribution in [0.15, 0.2) is 0 Å². The largest absolute Gasteiger partial charge is 0.311 e. The molecule has 112 valence electrons. The van der Waals surface area contributed by atoms with E-state index < -0.39 is 0 Å². The highest BCUT2D eigenvalue weighted by Gasteiger charge is 2.33. The van der Waals surface area contributed by atoms with Gasteiger partial charge in [-0.25, -0.2) is 0 Å². The minimum absolute atomic E-state index is 0.512. The molecule has 0 radical (unpaired) electrons. The number of nitrogens with zero attached hydrogens (tertiary/aromatic N) is 1. The fourth-order valence-corrected chi connectivity index (χ4v) is 3.79. The lowest BCUT2D eigenvalue weighted by Gasteiger charge is -2.43. The molecule has 1 N–H and O–H groups in total. The third-order valence-electron chi connectivity index (χ3n) is 5.36. The van der Waals surface area contributed by atoms with Crippen LogP contribution >= 0.6 is 0 Å². The summed E-state index contributed by atoms with van der Waals surface area (Å²) in [5.74, 6) is 0. The molecule has 1 saturated heterocycles. The van der Waals surface area contributed by atoms with Crippen LogP contribution in [0.5, 0.6) is 0 Å². The molecular weight excluding hydrogens is 232 g/mol. The molecule has 1 aliphatic heterocycles. The molecule has 2 aliphatic rings. The van der Waals surface area contributed by atoms with Gasteiger partial charge in [-0.15, -0.1) is 0 Å². The number of hydrogen-bond acceptors (Lipinski definition) is 2. The van der Waals surface area contributed by atoms with E-state index in [9.17, 15) is 0 Å². The van der Waals surface area contributed by atoms with E-state index in [-0.39, 0.29) is 0 Å². The van der Waals surface area contributed by atoms with Gasteiger partial charge in [0.1, 0.15) is 0 Å². The van der Waals surface area contributed by atoms with Crippen molar-refractivity contribution in [2.24, 2.45) is 5.41 Å². The highest BCUT2D eigenvalue weighted by atomic mass is 15.1. The standard InChI is InChI=1S/C17H34N2/c1-4-5-12-19-13-9-15(10-14-19)18-16-8-6-7-11-17(16,2)3/h15-16,18H,4-14H2,1-3H3. The highest BCUT2D eigenvalue weighted by Crippen LogP contribution is 2.36. The third-order valence-corrected chi connectivity index (χ3v) is 5.36. The SMILES string of the molecule is CCCCN1CCC(NC2CCCCC2(C)C)CC1. The topological polar surface area (TPSA) is 15.3 Å². The van der Waals surface area contributed by atoms with Gasteiger partial charge in [0.05, 0.1) is 0 Å². The van der Waals surface area contributed by atoms with E-state index in [1.165, 1.54) is 71.0 Å². The summed E-state index contributed by atoms with van der Waals surface area (Å²) in [5, 5.41) is 4.00. The van der Waals surface area contributed by atoms with Gasteiger partial charge in [0, 0.05) is 12.1 Å². The van der Waals surface area contributed by atoms with Gasteiger partial charge >= 0.3 is 0 Å². The van der Waals surface area contributed by atoms with E-state index in [0.29, 0.717) is 5.41 Å². The van der Waals surface area contributed by atoms with Crippen molar-refractivity contribution >= 4 is 0 Å². The molecule has 0 aromatic heterocycles. The Morgan fingerprint density at radius 3 is 2.47 bits per heavy atom. The van der Waals surface area contributed by atoms with Crippen molar-refractivity contribution in [2.45, 2.75) is 84.2 Å². The van der Waals surface area contributed by atoms with Gasteiger partial charge in [0.25, 0.3) is 0 Å². The normalized spacial score (nSPS) is 29.5. The predicted molar refractivity (Wildman–Crippen MR) is 83.5 cm³/mol. The molecular formula is C17H34N2. The number of nitrogens with one attached hydrogen (secondary N) is 1. The third kappa shape index (κ3) is 4.46. The first-order valence-corrected chi connectivity index (χ1v) is 8.60. The number of hydrogen-bond donors (Lipinski definition) is 1. The lowest BCUT2D eigenvalue weighted by molar-refractivity contribution is 0.127. The second kappa shape index (κ2) is 7.08. The van der Waals surface area contributed by atoms with E-state index in [0.717, 1.165) is 12.1 Å². The Labute approximate surface area is 120 Å². The Kier molecular flexibility index (Phi) is 5.70. The summed E-state index contributed by atoms with van der Waals surface area (Å²) in [5.41, 5.74) is 0.512. The van der Waals surface area contributed by atoms with E-state index in [4.69, 9.17) is 0 Å². The van der Waals surface area contributed by atoms with Crippen LogP contribution in [0.3, 0.4) is 0 Å². The summed E-state index contributed by atoms with van der Waals surface area (Å²) in [6, 6.07) is 1.54. The zero-order chi connectivity index (χ0) is 13.7. The molecule has 2 fully saturated rings. The van der Waals surface area contributed by atoms with Crippen LogP contribution in [-0.4, -0.2) is 36.6 Å². The molecule has 2 nitrogen and oxygen atoms in total. The summed E-state index contributed by atoms with van der Waals surface area (Å²) >= 11 is 0. The van der Waals surface area contributed by atoms with Crippen LogP contribution in [0.25, 0.3) is 0 Å². The lowest BCUT2D eigenvalue weighted by Crippen LogP contribution is -2.52. The molecule has 19 heavy (non-hydrogen) atoms. The molecule has 0 aromatic carbocycles. The first-order valence-electron chi connectivity index (χ1n) is 8.60. The maximum absolute atomic E-state index is 4.00. The number of likely N-dealkylation sites (tertiary alicyclic amines) is 1. The Balaban J connectivity index is 1.73. The van der Waals surface area contributed by atoms with Crippen LogP contribution in [0.4, 0.5) is 0 Å². The molecule has 0 amide bonds. The fourth-order valence-electron chi connectivity index (χ4n) is 3.79. The summed E-state index contributed by atoms with van der Waals surface area (Å²) < 4.78 is 0. The van der Waals surface area contributed by atoms with E-state index in [1.54, 1.807) is 0 Å². The number of rotatable bonds is 5. The molecule has 1 unspecified atom stereocenters. The molecule has 2 heteroatoms. The summed E-state index contributed by atoms with van der Waals surface area (Å²) in [4.78, 5) is 2.66. The zero-order valence-corrected chi connectivity index (χ0v) is 13.4. The zero-order valence-electron chi connectivity index (χ0n) is 13.4. The second-order valence-electron chi connectivity index (χ2n) is 7.42. The molecule has 1 aliphatic carbocycles. The van der Waals surface area contributed by atoms with Crippen molar-refractivity contribution < 1.29 is 0 Å². The van der Waals surface area contributed by atoms with Crippen LogP contribution in [0, 0.1) is 5.41 Å². The highest BCUT2D eigenvalue weighted by molar-refractivity contribution is 4.91. The van der Waals surface area contributed by atoms with Gasteiger partial charge in [0.15, 0.2) is 0 Å². The van der Waals surface area contributed by atoms with Crippen LogP contribution in [-0.2, 0) is 0 Å². The predicted octanol–water partition coefficient (Wildman–Crippen LogP) is 3.81. The van der Waals surface area contributed by atoms with Crippen molar-refractivity contribution in [3.05, 3.63) is 0 Å². The molecule has 0 aromatic rings. The first kappa shape index (κ1) is 15.3. The van der Waals surface area contributed by atoms with Crippen molar-refractivity contribution in [3.63, 3.8) is 0 Å². The average molecular weight is 266 g/mol. The second-order valence-corrected chi connectivity index (χ2v) is 7.42. The van der Waals surface area contributed by atoms with Crippen molar-refractivity contribution in [3.8, 4) is 0 Å². The summed E-state index contributed by atoms with van der Waals surface area (Å²) in [7, 11) is 0. The van der Waals surface area contributed by atoms with Gasteiger partial charge < -0.3 is 10.2 Å². The number of piperidine rings is 1. The molecule has 0 spiro atoms. The van der Waals surface area contributed by atoms with Crippen molar-refractivity contribution in [1.29, 1.82) is 0 Å². The lowest BCUT2D eigenvalue weighted by atomic mass is 9.73. The molecule has 1 saturated carbocycles. The summed E-state index contributed by atoms with van der Waals surface area (Å²) in [6.45, 7) is 11.1. The van der Waals surface area contributed by atoms with Crippen LogP contribution in [0.1, 0.15) is 72.1 Å². The summed E-state index contributed by atoms with van der Waals surface area (Å²) in [6.07, 6.45) is 11.1. The van der Waals surface area contributed by atoms with Gasteiger partial charge in [-0.3, -0.25) is 0 Å². The van der Waals surface area contributed by atoms with E-state index in [1.807, 2.05) is 0 Å². The Morgan fingerprint density at radius 2 is 1.84 bits per heavy atom. The fraction of sp³-hybridized carbons (Fsp3) is 1.00. The van der Waals surface area contributed by atoms with Gasteiger partial charge in [-0.2, -0.15) is 0 Å². The number of unbranched alkanes of at least 4 members (excludes halogenated alkanes) is 1. The van der Waals surface area contributed by atoms with Gasteiger partial charge in [-0.05, 0) is 57.2 Å². The average Bonchev–Trinajstić information content (AvgIpc) is 2.40. The van der Waals surface area contributed by atoms with Crippen LogP contribution < -0.4 is 5.32 Å². The Morgan fingerprint density at radius 1 is 1.11 bits per heavy atom. The maximum Gasteiger partial charge on any atom is 0.0121 e. The van der Waals surface area contributed by atoms with Crippen molar-refractivity contribution in [2.75, 3.05) is 19.6 Å². The minimum atomic E-state index is 0.512. The molecule has 1 atom stereocenters. The molecule has 0 bridgehead atoms. The van der Waals surface area contributed by atoms with E-state index >= 15 is 0 Å².